The van der Waals surface area contributed by atoms with Crippen LogP contribution in [0.2, 0.25) is 0 Å². The minimum absolute atomic E-state index is 0.225. The van der Waals surface area contributed by atoms with Crippen LogP contribution < -0.4 is 16.4 Å². The molecule has 0 bridgehead atoms. The third-order valence-corrected chi connectivity index (χ3v) is 3.86. The lowest BCUT2D eigenvalue weighted by atomic mass is 10.3. The summed E-state index contributed by atoms with van der Waals surface area (Å²) in [4.78, 5) is 14.2. The zero-order valence-electron chi connectivity index (χ0n) is 10.8. The van der Waals surface area contributed by atoms with E-state index < -0.39 is 0 Å². The first kappa shape index (κ1) is 13.4. The Balaban J connectivity index is 1.84. The molecular weight excluding hydrogens is 258 g/mol. The molecule has 1 heterocycles. The average molecular weight is 275 g/mol. The number of amides is 2. The number of hydrogen-bond acceptors (Lipinski definition) is 3. The van der Waals surface area contributed by atoms with Gasteiger partial charge in [-0.15, -0.1) is 11.3 Å². The van der Waals surface area contributed by atoms with Crippen LogP contribution in [0.3, 0.4) is 0 Å². The van der Waals surface area contributed by atoms with Gasteiger partial charge in [0, 0.05) is 21.1 Å². The number of rotatable bonds is 4. The van der Waals surface area contributed by atoms with Crippen molar-refractivity contribution in [3.05, 3.63) is 46.2 Å². The minimum Gasteiger partial charge on any atom is -0.399 e. The molecule has 0 fully saturated rings. The Morgan fingerprint density at radius 3 is 2.74 bits per heavy atom. The summed E-state index contributed by atoms with van der Waals surface area (Å²) in [6.07, 6.45) is 1.03. The van der Waals surface area contributed by atoms with Gasteiger partial charge in [-0.2, -0.15) is 0 Å². The van der Waals surface area contributed by atoms with Crippen molar-refractivity contribution in [3.63, 3.8) is 0 Å². The second-order valence-corrected chi connectivity index (χ2v) is 5.41. The van der Waals surface area contributed by atoms with Gasteiger partial charge in [0.25, 0.3) is 0 Å². The molecule has 0 aliphatic heterocycles. The lowest BCUT2D eigenvalue weighted by Crippen LogP contribution is -2.27. The normalized spacial score (nSPS) is 10.2. The number of carbonyl (C=O) groups is 1. The van der Waals surface area contributed by atoms with E-state index in [1.54, 1.807) is 35.6 Å². The first-order chi connectivity index (χ1) is 9.17. The molecule has 0 saturated carbocycles. The Kier molecular flexibility index (Phi) is 4.41. The summed E-state index contributed by atoms with van der Waals surface area (Å²) in [6, 6.07) is 11.0. The molecule has 5 heteroatoms. The number of aryl methyl sites for hydroxylation is 1. The number of hydrogen-bond donors (Lipinski definition) is 3. The smallest absolute Gasteiger partial charge is 0.319 e. The number of carbonyl (C=O) groups excluding carboxylic acids is 1. The number of nitrogens with one attached hydrogen (secondary N) is 2. The Morgan fingerprint density at radius 2 is 2.05 bits per heavy atom. The fraction of sp³-hybridized carbons (Fsp3) is 0.214. The van der Waals surface area contributed by atoms with Gasteiger partial charge in [-0.05, 0) is 36.8 Å². The number of urea groups is 1. The van der Waals surface area contributed by atoms with E-state index in [1.807, 2.05) is 6.07 Å². The zero-order valence-corrected chi connectivity index (χ0v) is 11.6. The maximum Gasteiger partial charge on any atom is 0.319 e. The van der Waals surface area contributed by atoms with Gasteiger partial charge in [-0.25, -0.2) is 4.79 Å². The van der Waals surface area contributed by atoms with E-state index in [1.165, 1.54) is 4.88 Å². The predicted octanol–water partition coefficient (Wildman–Crippen LogP) is 3.21. The van der Waals surface area contributed by atoms with Crippen molar-refractivity contribution >= 4 is 28.7 Å². The number of thiophene rings is 1. The summed E-state index contributed by atoms with van der Waals surface area (Å²) in [7, 11) is 0. The lowest BCUT2D eigenvalue weighted by Gasteiger charge is -2.07. The molecule has 0 aliphatic rings. The first-order valence-corrected chi connectivity index (χ1v) is 6.97. The van der Waals surface area contributed by atoms with Crippen LogP contribution in [0.4, 0.5) is 16.2 Å². The van der Waals surface area contributed by atoms with Crippen LogP contribution in [-0.2, 0) is 13.0 Å². The SMILES string of the molecule is CCc1ccc(CNC(=O)Nc2cccc(N)c2)s1. The van der Waals surface area contributed by atoms with Gasteiger partial charge < -0.3 is 16.4 Å². The van der Waals surface area contributed by atoms with Crippen LogP contribution in [0.1, 0.15) is 16.7 Å². The second kappa shape index (κ2) is 6.24. The standard InChI is InChI=1S/C14H17N3OS/c1-2-12-6-7-13(19-12)9-16-14(18)17-11-5-3-4-10(15)8-11/h3-8H,2,9,15H2,1H3,(H2,16,17,18). The molecule has 1 aromatic heterocycles. The average Bonchev–Trinajstić information content (AvgIpc) is 2.84. The summed E-state index contributed by atoms with van der Waals surface area (Å²) >= 11 is 1.72. The first-order valence-electron chi connectivity index (χ1n) is 6.15. The van der Waals surface area contributed by atoms with E-state index in [0.29, 0.717) is 17.9 Å². The number of nitrogen functional groups attached to an aromatic ring is 1. The molecule has 4 N–H and O–H groups in total. The Hall–Kier alpha value is -2.01. The second-order valence-electron chi connectivity index (χ2n) is 4.15. The molecule has 100 valence electrons. The molecule has 0 saturated heterocycles. The summed E-state index contributed by atoms with van der Waals surface area (Å²) in [5.74, 6) is 0. The molecule has 2 aromatic rings. The fourth-order valence-electron chi connectivity index (χ4n) is 1.67. The highest BCUT2D eigenvalue weighted by atomic mass is 32.1. The lowest BCUT2D eigenvalue weighted by molar-refractivity contribution is 0.252. The molecule has 2 rings (SSSR count). The van der Waals surface area contributed by atoms with Crippen molar-refractivity contribution in [2.75, 3.05) is 11.1 Å². The molecule has 19 heavy (non-hydrogen) atoms. The molecular formula is C14H17N3OS. The third kappa shape index (κ3) is 3.99. The van der Waals surface area contributed by atoms with Crippen LogP contribution in [0.15, 0.2) is 36.4 Å². The van der Waals surface area contributed by atoms with Crippen LogP contribution in [0, 0.1) is 0 Å². The molecule has 0 atom stereocenters. The molecule has 2 amide bonds. The van der Waals surface area contributed by atoms with Gasteiger partial charge in [-0.3, -0.25) is 0 Å². The predicted molar refractivity (Wildman–Crippen MR) is 80.4 cm³/mol. The van der Waals surface area contributed by atoms with Crippen molar-refractivity contribution in [3.8, 4) is 0 Å². The van der Waals surface area contributed by atoms with Crippen LogP contribution in [0.25, 0.3) is 0 Å². The summed E-state index contributed by atoms with van der Waals surface area (Å²) < 4.78 is 0. The van der Waals surface area contributed by atoms with Crippen LogP contribution in [0.5, 0.6) is 0 Å². The Labute approximate surface area is 116 Å². The minimum atomic E-state index is -0.225. The van der Waals surface area contributed by atoms with Crippen molar-refractivity contribution < 1.29 is 4.79 Å². The van der Waals surface area contributed by atoms with Gasteiger partial charge in [0.05, 0.1) is 6.54 Å². The van der Waals surface area contributed by atoms with E-state index in [4.69, 9.17) is 5.73 Å². The summed E-state index contributed by atoms with van der Waals surface area (Å²) in [5.41, 5.74) is 6.97. The number of benzene rings is 1. The van der Waals surface area contributed by atoms with Crippen molar-refractivity contribution in [2.45, 2.75) is 19.9 Å². The maximum absolute atomic E-state index is 11.7. The summed E-state index contributed by atoms with van der Waals surface area (Å²) in [6.45, 7) is 2.66. The molecule has 1 aromatic carbocycles. The van der Waals surface area contributed by atoms with E-state index in [2.05, 4.69) is 23.6 Å². The van der Waals surface area contributed by atoms with E-state index in [0.717, 1.165) is 11.3 Å². The topological polar surface area (TPSA) is 67.2 Å². The van der Waals surface area contributed by atoms with E-state index >= 15 is 0 Å². The van der Waals surface area contributed by atoms with E-state index in [9.17, 15) is 4.79 Å². The Bertz CT molecular complexity index is 565. The van der Waals surface area contributed by atoms with Gasteiger partial charge in [0.15, 0.2) is 0 Å². The van der Waals surface area contributed by atoms with Crippen molar-refractivity contribution in [1.82, 2.24) is 5.32 Å². The maximum atomic E-state index is 11.7. The van der Waals surface area contributed by atoms with Gasteiger partial charge in [-0.1, -0.05) is 13.0 Å². The Morgan fingerprint density at radius 1 is 1.26 bits per heavy atom. The largest absolute Gasteiger partial charge is 0.399 e. The highest BCUT2D eigenvalue weighted by Gasteiger charge is 2.03. The zero-order chi connectivity index (χ0) is 13.7. The number of nitrogens with two attached hydrogens (primary N) is 1. The van der Waals surface area contributed by atoms with Gasteiger partial charge >= 0.3 is 6.03 Å². The molecule has 0 aliphatic carbocycles. The van der Waals surface area contributed by atoms with E-state index in [-0.39, 0.29) is 6.03 Å². The molecule has 0 radical (unpaired) electrons. The highest BCUT2D eigenvalue weighted by molar-refractivity contribution is 7.11. The number of anilines is 2. The molecule has 4 nitrogen and oxygen atoms in total. The third-order valence-electron chi connectivity index (χ3n) is 2.63. The van der Waals surface area contributed by atoms with Crippen LogP contribution in [-0.4, -0.2) is 6.03 Å². The highest BCUT2D eigenvalue weighted by Crippen LogP contribution is 2.16. The van der Waals surface area contributed by atoms with Gasteiger partial charge in [0.2, 0.25) is 0 Å². The molecule has 0 unspecified atom stereocenters. The van der Waals surface area contributed by atoms with Crippen molar-refractivity contribution in [1.29, 1.82) is 0 Å². The van der Waals surface area contributed by atoms with Gasteiger partial charge in [0.1, 0.15) is 0 Å². The van der Waals surface area contributed by atoms with Crippen molar-refractivity contribution in [2.24, 2.45) is 0 Å². The monoisotopic (exact) mass is 275 g/mol. The van der Waals surface area contributed by atoms with Crippen LogP contribution >= 0.6 is 11.3 Å². The fourth-order valence-corrected chi connectivity index (χ4v) is 2.56. The molecule has 0 spiro atoms. The summed E-state index contributed by atoms with van der Waals surface area (Å²) in [5, 5.41) is 5.57. The quantitative estimate of drug-likeness (QED) is 0.750.